The zero-order valence-corrected chi connectivity index (χ0v) is 9.58. The van der Waals surface area contributed by atoms with Crippen molar-refractivity contribution in [3.05, 3.63) is 33.4 Å². The average molecular weight is 264 g/mol. The van der Waals surface area contributed by atoms with Crippen LogP contribution in [-0.2, 0) is 9.05 Å². The number of nitrogens with zero attached hydrogens (tertiary/aromatic N) is 1. The molecule has 16 heavy (non-hydrogen) atoms. The number of carbonyl (C=O) groups excluding carboxylic acids is 1. The maximum Gasteiger partial charge on any atom is 0.274 e. The zero-order valence-electron chi connectivity index (χ0n) is 8.01. The van der Waals surface area contributed by atoms with Crippen molar-refractivity contribution in [3.8, 4) is 0 Å². The van der Waals surface area contributed by atoms with Crippen LogP contribution >= 0.6 is 10.7 Å². The molecule has 8 heteroatoms. The third-order valence-electron chi connectivity index (χ3n) is 2.00. The smallest absolute Gasteiger partial charge is 0.274 e. The molecule has 0 aliphatic heterocycles. The van der Waals surface area contributed by atoms with Crippen molar-refractivity contribution in [2.24, 2.45) is 0 Å². The number of hydrogen-bond donors (Lipinski definition) is 0. The molecule has 1 rings (SSSR count). The minimum atomic E-state index is -4.10. The third kappa shape index (κ3) is 2.37. The van der Waals surface area contributed by atoms with E-state index in [2.05, 4.69) is 0 Å². The van der Waals surface area contributed by atoms with Crippen molar-refractivity contribution >= 4 is 31.7 Å². The molecule has 1 aromatic rings. The molecule has 0 amide bonds. The molecule has 0 saturated carbocycles. The molecular weight excluding hydrogens is 258 g/mol. The summed E-state index contributed by atoms with van der Waals surface area (Å²) in [6.45, 7) is 1.35. The van der Waals surface area contributed by atoms with E-state index >= 15 is 0 Å². The van der Waals surface area contributed by atoms with Crippen molar-refractivity contribution < 1.29 is 18.1 Å². The van der Waals surface area contributed by atoms with Crippen molar-refractivity contribution in [2.75, 3.05) is 0 Å². The molecule has 0 aromatic heterocycles. The molecule has 6 nitrogen and oxygen atoms in total. The minimum absolute atomic E-state index is 0.0755. The summed E-state index contributed by atoms with van der Waals surface area (Å²) in [5.74, 6) is 0. The number of benzene rings is 1. The Morgan fingerprint density at radius 2 is 2.00 bits per heavy atom. The number of carbonyl (C=O) groups is 1. The second kappa shape index (κ2) is 4.18. The zero-order chi connectivity index (χ0) is 12.5. The molecular formula is C8H6ClNO5S. The van der Waals surface area contributed by atoms with Gasteiger partial charge in [0.15, 0.2) is 6.29 Å². The van der Waals surface area contributed by atoms with Crippen molar-refractivity contribution in [3.63, 3.8) is 0 Å². The summed E-state index contributed by atoms with van der Waals surface area (Å²) in [6.07, 6.45) is 0.341. The van der Waals surface area contributed by atoms with Crippen LogP contribution in [-0.4, -0.2) is 19.6 Å². The molecule has 0 saturated heterocycles. The largest absolute Gasteiger partial charge is 0.298 e. The summed E-state index contributed by atoms with van der Waals surface area (Å²) in [5.41, 5.74) is -0.429. The normalized spacial score (nSPS) is 11.1. The fourth-order valence-corrected chi connectivity index (χ4v) is 1.93. The molecule has 0 aliphatic rings. The van der Waals surface area contributed by atoms with E-state index in [0.717, 1.165) is 12.1 Å². The first-order chi connectivity index (χ1) is 7.27. The summed E-state index contributed by atoms with van der Waals surface area (Å²) in [6, 6.07) is 1.82. The molecule has 86 valence electrons. The average Bonchev–Trinajstić information content (AvgIpc) is 2.15. The number of aldehydes is 1. The van der Waals surface area contributed by atoms with Gasteiger partial charge in [-0.15, -0.1) is 0 Å². The highest BCUT2D eigenvalue weighted by Gasteiger charge is 2.21. The third-order valence-corrected chi connectivity index (χ3v) is 3.33. The highest BCUT2D eigenvalue weighted by Crippen LogP contribution is 2.27. The maximum absolute atomic E-state index is 11.0. The second-order valence-electron chi connectivity index (χ2n) is 2.97. The van der Waals surface area contributed by atoms with Crippen LogP contribution < -0.4 is 0 Å². The fraction of sp³-hybridized carbons (Fsp3) is 0.125. The summed E-state index contributed by atoms with van der Waals surface area (Å²) >= 11 is 0. The van der Waals surface area contributed by atoms with Crippen molar-refractivity contribution in [2.45, 2.75) is 11.8 Å². The van der Waals surface area contributed by atoms with Crippen LogP contribution in [0.4, 0.5) is 5.69 Å². The topological polar surface area (TPSA) is 94.3 Å². The van der Waals surface area contributed by atoms with Gasteiger partial charge in [-0.25, -0.2) is 8.42 Å². The molecule has 0 heterocycles. The van der Waals surface area contributed by atoms with Gasteiger partial charge in [0.05, 0.1) is 9.82 Å². The van der Waals surface area contributed by atoms with Gasteiger partial charge >= 0.3 is 0 Å². The molecule has 0 bridgehead atoms. The Balaban J connectivity index is 3.66. The van der Waals surface area contributed by atoms with Crippen molar-refractivity contribution in [1.82, 2.24) is 0 Å². The number of hydrogen-bond acceptors (Lipinski definition) is 5. The molecule has 0 radical (unpaired) electrons. The Kier molecular flexibility index (Phi) is 3.30. The van der Waals surface area contributed by atoms with Crippen LogP contribution in [0.3, 0.4) is 0 Å². The first-order valence-electron chi connectivity index (χ1n) is 3.96. The van der Waals surface area contributed by atoms with E-state index < -0.39 is 24.6 Å². The Bertz CT molecular complexity index is 566. The molecule has 0 N–H and O–H groups in total. The predicted octanol–water partition coefficient (Wildman–Crippen LogP) is 1.64. The lowest BCUT2D eigenvalue weighted by atomic mass is 10.1. The lowest BCUT2D eigenvalue weighted by Gasteiger charge is -2.03. The van der Waals surface area contributed by atoms with Crippen LogP contribution in [0, 0.1) is 17.0 Å². The number of nitro benzene ring substituents is 1. The van der Waals surface area contributed by atoms with E-state index in [1.54, 1.807) is 0 Å². The predicted molar refractivity (Wildman–Crippen MR) is 56.3 cm³/mol. The molecule has 0 aliphatic carbocycles. The molecule has 0 fully saturated rings. The van der Waals surface area contributed by atoms with Gasteiger partial charge in [0.25, 0.3) is 14.7 Å². The van der Waals surface area contributed by atoms with Crippen molar-refractivity contribution in [1.29, 1.82) is 0 Å². The number of halogens is 1. The lowest BCUT2D eigenvalue weighted by molar-refractivity contribution is -0.385. The van der Waals surface area contributed by atoms with Gasteiger partial charge < -0.3 is 0 Å². The summed E-state index contributed by atoms with van der Waals surface area (Å²) in [7, 11) is 0.951. The van der Waals surface area contributed by atoms with E-state index in [4.69, 9.17) is 10.7 Å². The van der Waals surface area contributed by atoms with Gasteiger partial charge in [-0.3, -0.25) is 14.9 Å². The van der Waals surface area contributed by atoms with Crippen LogP contribution in [0.5, 0.6) is 0 Å². The van der Waals surface area contributed by atoms with Gasteiger partial charge in [-0.05, 0) is 13.0 Å². The molecule has 0 unspecified atom stereocenters. The van der Waals surface area contributed by atoms with Gasteiger partial charge in [0.2, 0.25) is 0 Å². The monoisotopic (exact) mass is 263 g/mol. The van der Waals surface area contributed by atoms with Gasteiger partial charge in [0.1, 0.15) is 0 Å². The van der Waals surface area contributed by atoms with Crippen LogP contribution in [0.25, 0.3) is 0 Å². The first-order valence-corrected chi connectivity index (χ1v) is 6.27. The lowest BCUT2D eigenvalue weighted by Crippen LogP contribution is -2.00. The van der Waals surface area contributed by atoms with Gasteiger partial charge in [-0.1, -0.05) is 0 Å². The van der Waals surface area contributed by atoms with Crippen LogP contribution in [0.2, 0.25) is 0 Å². The van der Waals surface area contributed by atoms with Gasteiger partial charge in [0, 0.05) is 27.9 Å². The minimum Gasteiger partial charge on any atom is -0.298 e. The quantitative estimate of drug-likeness (QED) is 0.358. The van der Waals surface area contributed by atoms with E-state index in [9.17, 15) is 23.3 Å². The maximum atomic E-state index is 11.0. The highest BCUT2D eigenvalue weighted by molar-refractivity contribution is 8.13. The molecule has 0 spiro atoms. The number of nitro groups is 1. The highest BCUT2D eigenvalue weighted by atomic mass is 35.7. The summed E-state index contributed by atoms with van der Waals surface area (Å²) in [5, 5.41) is 10.6. The van der Waals surface area contributed by atoms with E-state index in [1.807, 2.05) is 0 Å². The van der Waals surface area contributed by atoms with E-state index in [1.165, 1.54) is 6.92 Å². The van der Waals surface area contributed by atoms with E-state index in [0.29, 0.717) is 6.29 Å². The summed E-state index contributed by atoms with van der Waals surface area (Å²) < 4.78 is 22.0. The molecule has 0 atom stereocenters. The fourth-order valence-electron chi connectivity index (χ4n) is 1.15. The Labute approximate surface area is 95.4 Å². The van der Waals surface area contributed by atoms with Crippen LogP contribution in [0.15, 0.2) is 17.0 Å². The van der Waals surface area contributed by atoms with Gasteiger partial charge in [-0.2, -0.15) is 0 Å². The van der Waals surface area contributed by atoms with E-state index in [-0.39, 0.29) is 11.1 Å². The summed E-state index contributed by atoms with van der Waals surface area (Å²) in [4.78, 5) is 20.0. The SMILES string of the molecule is Cc1c(C=O)cc(S(=O)(=O)Cl)cc1[N+](=O)[O-]. The standard InChI is InChI=1S/C8H6ClNO5S/c1-5-6(4-11)2-7(16(9,14)15)3-8(5)10(12)13/h2-4H,1H3. The number of rotatable bonds is 3. The molecule has 1 aromatic carbocycles. The Morgan fingerprint density at radius 1 is 1.44 bits per heavy atom. The second-order valence-corrected chi connectivity index (χ2v) is 5.54. The Hall–Kier alpha value is -1.47. The Morgan fingerprint density at radius 3 is 2.38 bits per heavy atom. The first kappa shape index (κ1) is 12.6. The van der Waals surface area contributed by atoms with Crippen LogP contribution in [0.1, 0.15) is 15.9 Å².